The van der Waals surface area contributed by atoms with Gasteiger partial charge >= 0.3 is 5.69 Å². The van der Waals surface area contributed by atoms with Gasteiger partial charge in [0.15, 0.2) is 0 Å². The number of ether oxygens (including phenoxy) is 2. The summed E-state index contributed by atoms with van der Waals surface area (Å²) in [7, 11) is 0.00507. The molecule has 0 saturated carbocycles. The largest absolute Gasteiger partial charge is 0.497 e. The van der Waals surface area contributed by atoms with Crippen molar-refractivity contribution in [3.05, 3.63) is 172 Å². The van der Waals surface area contributed by atoms with E-state index in [2.05, 4.69) is 79.1 Å². The Hall–Kier alpha value is -5.47. The standard InChI is InChI=1S/C47H52N5O6P/c1-34(2)52(35(3)4)59(57-31-15-29-48)58-43-32-41(51-30-28-44(50-46(51)54)49-45(53)36-16-9-6-10-17-36)25-22-37(43)33-56-47(38-18-11-7-12-19-38,39-20-13-8-14-21-39)40-23-26-42(55-5)27-24-40/h6-14,16-28,30,34-35,37,41,43H,15,31-33H2,1-5H3,(H,49,50,53,54)/t37-,41-,43+,59?/m0/s1. The van der Waals surface area contributed by atoms with E-state index in [9.17, 15) is 14.9 Å². The van der Waals surface area contributed by atoms with Crippen LogP contribution in [0.1, 0.15) is 73.6 Å². The zero-order chi connectivity index (χ0) is 41.8. The smallest absolute Gasteiger partial charge is 0.350 e. The van der Waals surface area contributed by atoms with Crippen LogP contribution in [0, 0.1) is 17.2 Å². The Kier molecular flexibility index (Phi) is 15.0. The van der Waals surface area contributed by atoms with Crippen LogP contribution in [0.5, 0.6) is 5.75 Å². The van der Waals surface area contributed by atoms with Gasteiger partial charge in [0.2, 0.25) is 0 Å². The number of allylic oxidation sites excluding steroid dienone is 1. The Morgan fingerprint density at radius 2 is 1.47 bits per heavy atom. The number of hydrogen-bond acceptors (Lipinski definition) is 9. The molecule has 306 valence electrons. The first-order valence-corrected chi connectivity index (χ1v) is 21.1. The number of methoxy groups -OCH3 is 1. The molecule has 1 amide bonds. The van der Waals surface area contributed by atoms with Gasteiger partial charge in [0.25, 0.3) is 14.4 Å². The first-order valence-electron chi connectivity index (χ1n) is 19.9. The molecule has 59 heavy (non-hydrogen) atoms. The van der Waals surface area contributed by atoms with Crippen LogP contribution in [0.25, 0.3) is 0 Å². The van der Waals surface area contributed by atoms with Crippen LogP contribution < -0.4 is 15.7 Å². The molecular weight excluding hydrogens is 762 g/mol. The second-order valence-corrected chi connectivity index (χ2v) is 16.2. The molecule has 0 saturated heterocycles. The maximum Gasteiger partial charge on any atom is 0.350 e. The summed E-state index contributed by atoms with van der Waals surface area (Å²) in [4.78, 5) is 30.7. The molecule has 0 radical (unpaired) electrons. The molecule has 0 fully saturated rings. The van der Waals surface area contributed by atoms with Crippen LogP contribution in [0.2, 0.25) is 0 Å². The van der Waals surface area contributed by atoms with E-state index in [1.54, 1.807) is 48.2 Å². The molecular formula is C47H52N5O6P. The predicted molar refractivity (Wildman–Crippen MR) is 231 cm³/mol. The fourth-order valence-electron chi connectivity index (χ4n) is 7.44. The van der Waals surface area contributed by atoms with Crippen molar-refractivity contribution in [2.75, 3.05) is 25.6 Å². The number of anilines is 1. The summed E-state index contributed by atoms with van der Waals surface area (Å²) in [5, 5.41) is 12.1. The van der Waals surface area contributed by atoms with Crippen LogP contribution in [-0.4, -0.2) is 58.6 Å². The third-order valence-electron chi connectivity index (χ3n) is 10.2. The van der Waals surface area contributed by atoms with Crippen molar-refractivity contribution in [3.63, 3.8) is 0 Å². The Labute approximate surface area is 348 Å². The minimum Gasteiger partial charge on any atom is -0.497 e. The number of carbonyl (C=O) groups excluding carboxylic acids is 1. The second kappa shape index (κ2) is 20.5. The van der Waals surface area contributed by atoms with Crippen molar-refractivity contribution in [3.8, 4) is 11.8 Å². The Morgan fingerprint density at radius 3 is 2.03 bits per heavy atom. The lowest BCUT2D eigenvalue weighted by Crippen LogP contribution is -2.41. The molecule has 1 unspecified atom stereocenters. The van der Waals surface area contributed by atoms with Crippen LogP contribution in [-0.2, 0) is 19.4 Å². The summed E-state index contributed by atoms with van der Waals surface area (Å²) in [6.45, 7) is 8.86. The quantitative estimate of drug-likeness (QED) is 0.0399. The monoisotopic (exact) mass is 813 g/mol. The van der Waals surface area contributed by atoms with Gasteiger partial charge in [0.1, 0.15) is 17.2 Å². The van der Waals surface area contributed by atoms with Crippen LogP contribution in [0.3, 0.4) is 0 Å². The number of nitriles is 1. The normalized spacial score (nSPS) is 17.2. The van der Waals surface area contributed by atoms with E-state index in [4.69, 9.17) is 18.5 Å². The van der Waals surface area contributed by atoms with Gasteiger partial charge in [-0.1, -0.05) is 103 Å². The van der Waals surface area contributed by atoms with Gasteiger partial charge in [0.05, 0.1) is 45.0 Å². The van der Waals surface area contributed by atoms with E-state index >= 15 is 0 Å². The number of benzene rings is 4. The Morgan fingerprint density at radius 1 is 0.881 bits per heavy atom. The molecule has 4 atom stereocenters. The highest BCUT2D eigenvalue weighted by Crippen LogP contribution is 2.50. The number of carbonyl (C=O) groups is 1. The van der Waals surface area contributed by atoms with Crippen LogP contribution >= 0.6 is 8.53 Å². The highest BCUT2D eigenvalue weighted by molar-refractivity contribution is 7.44. The van der Waals surface area contributed by atoms with E-state index < -0.39 is 32.0 Å². The summed E-state index contributed by atoms with van der Waals surface area (Å²) in [5.41, 5.74) is 1.77. The lowest BCUT2D eigenvalue weighted by Gasteiger charge is -2.42. The average Bonchev–Trinajstić information content (AvgIpc) is 3.25. The van der Waals surface area contributed by atoms with E-state index in [1.807, 2.05) is 72.8 Å². The van der Waals surface area contributed by atoms with E-state index in [0.29, 0.717) is 12.0 Å². The molecule has 1 aliphatic rings. The van der Waals surface area contributed by atoms with Gasteiger partial charge in [-0.25, -0.2) is 9.46 Å². The number of aromatic nitrogens is 2. The lowest BCUT2D eigenvalue weighted by molar-refractivity contribution is -0.0283. The minimum absolute atomic E-state index is 0.0807. The summed E-state index contributed by atoms with van der Waals surface area (Å²) in [5.74, 6) is 0.259. The third kappa shape index (κ3) is 10.4. The fraction of sp³-hybridized carbons (Fsp3) is 0.319. The molecule has 11 nitrogen and oxygen atoms in total. The molecule has 4 aromatic carbocycles. The molecule has 1 N–H and O–H groups in total. The van der Waals surface area contributed by atoms with Gasteiger partial charge in [-0.15, -0.1) is 0 Å². The molecule has 1 aromatic heterocycles. The molecule has 0 spiro atoms. The number of hydrogen-bond donors (Lipinski definition) is 1. The molecule has 0 aliphatic heterocycles. The highest BCUT2D eigenvalue weighted by atomic mass is 31.2. The third-order valence-corrected chi connectivity index (χ3v) is 12.4. The highest BCUT2D eigenvalue weighted by Gasteiger charge is 2.41. The topological polar surface area (TPSA) is 128 Å². The van der Waals surface area contributed by atoms with Gasteiger partial charge < -0.3 is 23.8 Å². The Balaban J connectivity index is 1.38. The molecule has 5 aromatic rings. The summed E-state index contributed by atoms with van der Waals surface area (Å²) < 4.78 is 30.1. The molecule has 1 heterocycles. The average molecular weight is 814 g/mol. The zero-order valence-electron chi connectivity index (χ0n) is 34.2. The molecule has 0 bridgehead atoms. The van der Waals surface area contributed by atoms with Crippen molar-refractivity contribution >= 4 is 20.3 Å². The van der Waals surface area contributed by atoms with Crippen molar-refractivity contribution in [1.29, 1.82) is 5.26 Å². The predicted octanol–water partition coefficient (Wildman–Crippen LogP) is 9.29. The lowest BCUT2D eigenvalue weighted by atomic mass is 9.79. The van der Waals surface area contributed by atoms with Gasteiger partial charge in [-0.05, 0) is 81.1 Å². The van der Waals surface area contributed by atoms with E-state index in [1.165, 1.54) is 0 Å². The van der Waals surface area contributed by atoms with Crippen LogP contribution in [0.4, 0.5) is 5.82 Å². The number of nitrogens with one attached hydrogen (secondary N) is 1. The van der Waals surface area contributed by atoms with Gasteiger partial charge in [-0.2, -0.15) is 10.2 Å². The maximum atomic E-state index is 13.6. The summed E-state index contributed by atoms with van der Waals surface area (Å²) >= 11 is 0. The Bertz CT molecular complexity index is 2180. The van der Waals surface area contributed by atoms with E-state index in [-0.39, 0.29) is 49.4 Å². The van der Waals surface area contributed by atoms with Crippen molar-refractivity contribution in [2.24, 2.45) is 5.92 Å². The SMILES string of the molecule is COc1ccc(C(OC[C@@H]2C=C[C@H](n3ccc(NC(=O)c4ccccc4)nc3=O)C[C@H]2OP(OCCC#N)N(C(C)C)C(C)C)(c2ccccc2)c2ccccc2)cc1. The first kappa shape index (κ1) is 43.1. The summed E-state index contributed by atoms with van der Waals surface area (Å²) in [6.07, 6.45) is 5.85. The zero-order valence-corrected chi connectivity index (χ0v) is 35.1. The number of rotatable bonds is 18. The van der Waals surface area contributed by atoms with Crippen LogP contribution in [0.15, 0.2) is 144 Å². The number of nitrogens with zero attached hydrogens (tertiary/aromatic N) is 4. The molecule has 1 aliphatic carbocycles. The first-order chi connectivity index (χ1) is 28.6. The molecule has 6 rings (SSSR count). The summed E-state index contributed by atoms with van der Waals surface area (Å²) in [6, 6.07) is 40.6. The van der Waals surface area contributed by atoms with Gasteiger partial charge in [-0.3, -0.25) is 9.36 Å². The van der Waals surface area contributed by atoms with Crippen molar-refractivity contribution in [2.45, 2.75) is 70.4 Å². The van der Waals surface area contributed by atoms with Crippen molar-refractivity contribution < 1.29 is 23.3 Å². The molecule has 12 heteroatoms. The second-order valence-electron chi connectivity index (χ2n) is 14.8. The van der Waals surface area contributed by atoms with Gasteiger partial charge in [0, 0.05) is 29.8 Å². The van der Waals surface area contributed by atoms with Crippen molar-refractivity contribution in [1.82, 2.24) is 14.2 Å². The minimum atomic E-state index is -1.64. The van der Waals surface area contributed by atoms with E-state index in [0.717, 1.165) is 22.4 Å². The fourth-order valence-corrected chi connectivity index (χ4v) is 9.22. The number of amides is 1. The maximum absolute atomic E-state index is 13.6.